The van der Waals surface area contributed by atoms with Gasteiger partial charge in [-0.25, -0.2) is 0 Å². The number of hydrogen-bond donors (Lipinski definition) is 0. The average molecular weight is 326 g/mol. The van der Waals surface area contributed by atoms with Crippen LogP contribution in [0, 0.1) is 30.6 Å². The van der Waals surface area contributed by atoms with Crippen molar-refractivity contribution in [2.24, 2.45) is 0 Å². The number of methoxy groups -OCH3 is 1. The summed E-state index contributed by atoms with van der Waals surface area (Å²) in [6.07, 6.45) is 4.46. The molecule has 0 unspecified atom stereocenters. The Labute approximate surface area is 150 Å². The SMILES string of the molecule is COc1ccc(C#CC2=C(C#Cc3ccc(C)cc3)CCCC2)cc1. The smallest absolute Gasteiger partial charge is 0.118 e. The lowest BCUT2D eigenvalue weighted by atomic mass is 9.92. The van der Waals surface area contributed by atoms with Crippen LogP contribution in [0.3, 0.4) is 0 Å². The van der Waals surface area contributed by atoms with Gasteiger partial charge in [-0.15, -0.1) is 0 Å². The number of benzene rings is 2. The highest BCUT2D eigenvalue weighted by molar-refractivity contribution is 5.50. The van der Waals surface area contributed by atoms with Gasteiger partial charge in [0.1, 0.15) is 5.75 Å². The van der Waals surface area contributed by atoms with Crippen LogP contribution in [0.2, 0.25) is 0 Å². The molecule has 0 spiro atoms. The molecule has 3 rings (SSSR count). The van der Waals surface area contributed by atoms with Crippen molar-refractivity contribution >= 4 is 0 Å². The Bertz CT molecular complexity index is 876. The van der Waals surface area contributed by atoms with Gasteiger partial charge in [0, 0.05) is 22.3 Å². The molecule has 0 aliphatic heterocycles. The summed E-state index contributed by atoms with van der Waals surface area (Å²) in [7, 11) is 1.67. The molecule has 2 aromatic carbocycles. The number of ether oxygens (including phenoxy) is 1. The van der Waals surface area contributed by atoms with Gasteiger partial charge in [0.15, 0.2) is 0 Å². The highest BCUT2D eigenvalue weighted by atomic mass is 16.5. The zero-order chi connectivity index (χ0) is 17.5. The van der Waals surface area contributed by atoms with Crippen LogP contribution in [0.1, 0.15) is 42.4 Å². The highest BCUT2D eigenvalue weighted by Crippen LogP contribution is 2.24. The third kappa shape index (κ3) is 4.79. The molecule has 0 fully saturated rings. The van der Waals surface area contributed by atoms with Crippen molar-refractivity contribution in [1.29, 1.82) is 0 Å². The average Bonchev–Trinajstić information content (AvgIpc) is 2.67. The molecule has 0 N–H and O–H groups in total. The van der Waals surface area contributed by atoms with E-state index in [2.05, 4.69) is 54.9 Å². The fourth-order valence-corrected chi connectivity index (χ4v) is 2.79. The lowest BCUT2D eigenvalue weighted by Crippen LogP contribution is -1.97. The number of allylic oxidation sites excluding steroid dienone is 2. The topological polar surface area (TPSA) is 9.23 Å². The molecular weight excluding hydrogens is 304 g/mol. The van der Waals surface area contributed by atoms with Crippen molar-refractivity contribution in [3.8, 4) is 29.4 Å². The van der Waals surface area contributed by atoms with E-state index in [1.54, 1.807) is 7.11 Å². The first kappa shape index (κ1) is 16.9. The van der Waals surface area contributed by atoms with Crippen LogP contribution in [-0.4, -0.2) is 7.11 Å². The van der Waals surface area contributed by atoms with E-state index in [0.29, 0.717) is 0 Å². The maximum absolute atomic E-state index is 5.19. The van der Waals surface area contributed by atoms with Crippen molar-refractivity contribution in [3.63, 3.8) is 0 Å². The van der Waals surface area contributed by atoms with Crippen molar-refractivity contribution in [1.82, 2.24) is 0 Å². The Balaban J connectivity index is 1.84. The van der Waals surface area contributed by atoms with Gasteiger partial charge in [-0.05, 0) is 69.0 Å². The second-order valence-electron chi connectivity index (χ2n) is 6.26. The third-order valence-corrected chi connectivity index (χ3v) is 4.32. The molecule has 1 aliphatic carbocycles. The molecule has 0 radical (unpaired) electrons. The van der Waals surface area contributed by atoms with Crippen LogP contribution in [0.15, 0.2) is 59.7 Å². The summed E-state index contributed by atoms with van der Waals surface area (Å²) in [5.41, 5.74) is 5.72. The maximum Gasteiger partial charge on any atom is 0.118 e. The molecule has 2 aromatic rings. The first-order valence-corrected chi connectivity index (χ1v) is 8.71. The molecule has 0 heterocycles. The van der Waals surface area contributed by atoms with Gasteiger partial charge >= 0.3 is 0 Å². The van der Waals surface area contributed by atoms with E-state index in [0.717, 1.165) is 29.7 Å². The number of rotatable bonds is 1. The zero-order valence-corrected chi connectivity index (χ0v) is 14.9. The fraction of sp³-hybridized carbons (Fsp3) is 0.250. The Morgan fingerprint density at radius 2 is 1.16 bits per heavy atom. The standard InChI is InChI=1S/C24H22O/c1-19-7-9-20(10-8-19)11-15-22-5-3-4-6-23(22)16-12-21-13-17-24(25-2)18-14-21/h7-10,13-14,17-18H,3-6H2,1-2H3. The predicted molar refractivity (Wildman–Crippen MR) is 103 cm³/mol. The van der Waals surface area contributed by atoms with Gasteiger partial charge in [0.25, 0.3) is 0 Å². The van der Waals surface area contributed by atoms with Crippen molar-refractivity contribution < 1.29 is 4.74 Å². The van der Waals surface area contributed by atoms with E-state index < -0.39 is 0 Å². The van der Waals surface area contributed by atoms with Crippen LogP contribution in [0.5, 0.6) is 5.75 Å². The van der Waals surface area contributed by atoms with E-state index in [4.69, 9.17) is 4.74 Å². The molecule has 0 amide bonds. The van der Waals surface area contributed by atoms with Crippen LogP contribution < -0.4 is 4.74 Å². The minimum absolute atomic E-state index is 0.854. The first-order chi connectivity index (χ1) is 12.2. The van der Waals surface area contributed by atoms with Gasteiger partial charge in [0.2, 0.25) is 0 Å². The summed E-state index contributed by atoms with van der Waals surface area (Å²) in [4.78, 5) is 0. The second-order valence-corrected chi connectivity index (χ2v) is 6.26. The summed E-state index contributed by atoms with van der Waals surface area (Å²) < 4.78 is 5.19. The fourth-order valence-electron chi connectivity index (χ4n) is 2.79. The maximum atomic E-state index is 5.19. The minimum Gasteiger partial charge on any atom is -0.497 e. The van der Waals surface area contributed by atoms with E-state index >= 15 is 0 Å². The van der Waals surface area contributed by atoms with Crippen LogP contribution in [0.4, 0.5) is 0 Å². The first-order valence-electron chi connectivity index (χ1n) is 8.71. The molecule has 124 valence electrons. The van der Waals surface area contributed by atoms with Crippen LogP contribution in [-0.2, 0) is 0 Å². The van der Waals surface area contributed by atoms with E-state index in [9.17, 15) is 0 Å². The quantitative estimate of drug-likeness (QED) is 0.648. The van der Waals surface area contributed by atoms with Gasteiger partial charge in [0.05, 0.1) is 7.11 Å². The van der Waals surface area contributed by atoms with Crippen LogP contribution in [0.25, 0.3) is 0 Å². The third-order valence-electron chi connectivity index (χ3n) is 4.32. The van der Waals surface area contributed by atoms with E-state index in [-0.39, 0.29) is 0 Å². The number of hydrogen-bond acceptors (Lipinski definition) is 1. The molecule has 0 aromatic heterocycles. The van der Waals surface area contributed by atoms with Crippen molar-refractivity contribution in [2.75, 3.05) is 7.11 Å². The molecule has 0 saturated carbocycles. The van der Waals surface area contributed by atoms with E-state index in [1.165, 1.54) is 29.6 Å². The summed E-state index contributed by atoms with van der Waals surface area (Å²) in [6.45, 7) is 2.09. The molecule has 0 saturated heterocycles. The largest absolute Gasteiger partial charge is 0.497 e. The summed E-state index contributed by atoms with van der Waals surface area (Å²) in [5.74, 6) is 14.1. The van der Waals surface area contributed by atoms with Gasteiger partial charge in [-0.3, -0.25) is 0 Å². The summed E-state index contributed by atoms with van der Waals surface area (Å²) in [5, 5.41) is 0. The van der Waals surface area contributed by atoms with E-state index in [1.807, 2.05) is 24.3 Å². The Kier molecular flexibility index (Phi) is 5.61. The molecule has 0 bridgehead atoms. The molecule has 1 aliphatic rings. The molecular formula is C24H22O. The number of aryl methyl sites for hydroxylation is 1. The predicted octanol–water partition coefficient (Wildman–Crippen LogP) is 5.28. The lowest BCUT2D eigenvalue weighted by Gasteiger charge is -2.11. The molecule has 1 nitrogen and oxygen atoms in total. The minimum atomic E-state index is 0.854. The molecule has 0 atom stereocenters. The normalized spacial score (nSPS) is 13.4. The van der Waals surface area contributed by atoms with Crippen molar-refractivity contribution in [3.05, 3.63) is 76.4 Å². The van der Waals surface area contributed by atoms with Crippen molar-refractivity contribution in [2.45, 2.75) is 32.6 Å². The van der Waals surface area contributed by atoms with Crippen LogP contribution >= 0.6 is 0 Å². The molecule has 1 heteroatoms. The lowest BCUT2D eigenvalue weighted by molar-refractivity contribution is 0.415. The Hall–Kier alpha value is -2.90. The second kappa shape index (κ2) is 8.27. The van der Waals surface area contributed by atoms with Gasteiger partial charge in [-0.1, -0.05) is 41.4 Å². The highest BCUT2D eigenvalue weighted by Gasteiger charge is 2.09. The monoisotopic (exact) mass is 326 g/mol. The zero-order valence-electron chi connectivity index (χ0n) is 14.9. The van der Waals surface area contributed by atoms with Gasteiger partial charge < -0.3 is 4.74 Å². The van der Waals surface area contributed by atoms with Gasteiger partial charge in [-0.2, -0.15) is 0 Å². The Morgan fingerprint density at radius 1 is 0.680 bits per heavy atom. The molecule has 25 heavy (non-hydrogen) atoms. The Morgan fingerprint density at radius 3 is 1.64 bits per heavy atom. The summed E-state index contributed by atoms with van der Waals surface area (Å²) >= 11 is 0. The summed E-state index contributed by atoms with van der Waals surface area (Å²) in [6, 6.07) is 16.2.